The first-order valence-corrected chi connectivity index (χ1v) is 9.80. The molecule has 1 atom stereocenters. The van der Waals surface area contributed by atoms with Crippen LogP contribution in [0, 0.1) is 6.92 Å². The van der Waals surface area contributed by atoms with Crippen LogP contribution in [-0.2, 0) is 10.2 Å². The van der Waals surface area contributed by atoms with E-state index in [2.05, 4.69) is 9.88 Å². The average Bonchev–Trinajstić information content (AvgIpc) is 3.09. The van der Waals surface area contributed by atoms with Crippen LogP contribution in [-0.4, -0.2) is 61.3 Å². The lowest BCUT2D eigenvalue weighted by molar-refractivity contribution is 0.296. The first-order valence-electron chi connectivity index (χ1n) is 8.40. The number of likely N-dealkylation sites (N-methyl/N-ethyl adjacent to an activating group) is 1. The van der Waals surface area contributed by atoms with Gasteiger partial charge in [-0.25, -0.2) is 4.98 Å². The molecule has 0 amide bonds. The summed E-state index contributed by atoms with van der Waals surface area (Å²) in [6.07, 6.45) is 3.83. The van der Waals surface area contributed by atoms with E-state index < -0.39 is 10.2 Å². The molecule has 6 nitrogen and oxygen atoms in total. The molecule has 0 unspecified atom stereocenters. The number of pyridine rings is 1. The number of piperidine rings is 1. The maximum atomic E-state index is 12.7. The molecule has 0 spiro atoms. The Kier molecular flexibility index (Phi) is 4.89. The van der Waals surface area contributed by atoms with Gasteiger partial charge in [0.25, 0.3) is 10.2 Å². The van der Waals surface area contributed by atoms with Crippen LogP contribution in [0.5, 0.6) is 0 Å². The van der Waals surface area contributed by atoms with Crippen LogP contribution in [0.2, 0.25) is 0 Å². The fourth-order valence-corrected chi connectivity index (χ4v) is 5.09. The molecule has 3 rings (SSSR count). The molecule has 7 heteroatoms. The third-order valence-corrected chi connectivity index (χ3v) is 6.91. The van der Waals surface area contributed by atoms with Crippen molar-refractivity contribution in [2.24, 2.45) is 0 Å². The van der Waals surface area contributed by atoms with Gasteiger partial charge in [-0.3, -0.25) is 0 Å². The maximum absolute atomic E-state index is 12.7. The second-order valence-corrected chi connectivity index (χ2v) is 8.50. The molecule has 23 heavy (non-hydrogen) atoms. The van der Waals surface area contributed by atoms with Crippen LogP contribution >= 0.6 is 0 Å². The van der Waals surface area contributed by atoms with Crippen LogP contribution in [0.1, 0.15) is 31.4 Å². The van der Waals surface area contributed by atoms with Crippen molar-refractivity contribution in [3.8, 4) is 0 Å². The van der Waals surface area contributed by atoms with Crippen molar-refractivity contribution in [3.05, 3.63) is 23.9 Å². The van der Waals surface area contributed by atoms with E-state index in [1.165, 1.54) is 0 Å². The Balaban J connectivity index is 1.73. The van der Waals surface area contributed by atoms with E-state index in [1.807, 2.05) is 25.1 Å². The third-order valence-electron chi connectivity index (χ3n) is 4.86. The molecule has 2 saturated heterocycles. The summed E-state index contributed by atoms with van der Waals surface area (Å²) in [4.78, 5) is 6.78. The van der Waals surface area contributed by atoms with Crippen molar-refractivity contribution in [2.75, 3.05) is 38.1 Å². The lowest BCUT2D eigenvalue weighted by atomic mass is 10.1. The summed E-state index contributed by atoms with van der Waals surface area (Å²) >= 11 is 0. The van der Waals surface area contributed by atoms with Crippen molar-refractivity contribution in [3.63, 3.8) is 0 Å². The molecule has 0 radical (unpaired) electrons. The molecule has 0 bridgehead atoms. The second kappa shape index (κ2) is 6.75. The minimum absolute atomic E-state index is 0.0108. The summed E-state index contributed by atoms with van der Waals surface area (Å²) in [5.41, 5.74) is 0.989. The number of hydrogen-bond acceptors (Lipinski definition) is 4. The Morgan fingerprint density at radius 3 is 2.61 bits per heavy atom. The summed E-state index contributed by atoms with van der Waals surface area (Å²) < 4.78 is 28.7. The minimum atomic E-state index is -3.33. The molecule has 2 aliphatic heterocycles. The van der Waals surface area contributed by atoms with E-state index >= 15 is 0 Å². The lowest BCUT2D eigenvalue weighted by Gasteiger charge is -2.38. The zero-order valence-electron chi connectivity index (χ0n) is 14.0. The van der Waals surface area contributed by atoms with Gasteiger partial charge in [-0.2, -0.15) is 17.0 Å². The van der Waals surface area contributed by atoms with Gasteiger partial charge in [-0.05, 0) is 44.7 Å². The smallest absolute Gasteiger partial charge is 0.282 e. The van der Waals surface area contributed by atoms with E-state index in [0.717, 1.165) is 43.7 Å². The van der Waals surface area contributed by atoms with Gasteiger partial charge < -0.3 is 4.90 Å². The Morgan fingerprint density at radius 1 is 1.17 bits per heavy atom. The molecular weight excluding hydrogens is 312 g/mol. The SMILES string of the molecule is Cc1cccc(N2CCC[C@H](N(C)S(=O)(=O)N3CCCC3)C2)n1. The first-order chi connectivity index (χ1) is 11.0. The third kappa shape index (κ3) is 3.51. The van der Waals surface area contributed by atoms with Crippen LogP contribution in [0.4, 0.5) is 5.82 Å². The molecule has 1 aromatic rings. The van der Waals surface area contributed by atoms with Crippen molar-refractivity contribution >= 4 is 16.0 Å². The highest BCUT2D eigenvalue weighted by Gasteiger charge is 2.35. The molecule has 128 valence electrons. The molecule has 0 N–H and O–H groups in total. The molecule has 2 fully saturated rings. The summed E-state index contributed by atoms with van der Waals surface area (Å²) in [5.74, 6) is 0.946. The van der Waals surface area contributed by atoms with E-state index in [9.17, 15) is 8.42 Å². The van der Waals surface area contributed by atoms with Crippen LogP contribution in [0.25, 0.3) is 0 Å². The number of hydrogen-bond donors (Lipinski definition) is 0. The van der Waals surface area contributed by atoms with Gasteiger partial charge >= 0.3 is 0 Å². The summed E-state index contributed by atoms with van der Waals surface area (Å²) in [7, 11) is -1.60. The van der Waals surface area contributed by atoms with Gasteiger partial charge in [0.05, 0.1) is 0 Å². The Morgan fingerprint density at radius 2 is 1.91 bits per heavy atom. The van der Waals surface area contributed by atoms with Gasteiger partial charge in [0.1, 0.15) is 5.82 Å². The number of aryl methyl sites for hydroxylation is 1. The highest BCUT2D eigenvalue weighted by Crippen LogP contribution is 2.24. The van der Waals surface area contributed by atoms with Crippen LogP contribution < -0.4 is 4.90 Å². The molecule has 0 aromatic carbocycles. The zero-order valence-corrected chi connectivity index (χ0v) is 14.8. The van der Waals surface area contributed by atoms with E-state index in [4.69, 9.17) is 0 Å². The molecule has 3 heterocycles. The zero-order chi connectivity index (χ0) is 16.4. The van der Waals surface area contributed by atoms with Gasteiger partial charge in [-0.15, -0.1) is 0 Å². The second-order valence-electron chi connectivity index (χ2n) is 6.51. The highest BCUT2D eigenvalue weighted by atomic mass is 32.2. The number of nitrogens with zero attached hydrogens (tertiary/aromatic N) is 4. The highest BCUT2D eigenvalue weighted by molar-refractivity contribution is 7.86. The molecule has 1 aromatic heterocycles. The Labute approximate surface area is 139 Å². The summed E-state index contributed by atoms with van der Waals surface area (Å²) in [6, 6.07) is 6.00. The number of anilines is 1. The van der Waals surface area contributed by atoms with Crippen molar-refractivity contribution < 1.29 is 8.42 Å². The Bertz CT molecular complexity index is 643. The van der Waals surface area contributed by atoms with Crippen molar-refractivity contribution in [1.82, 2.24) is 13.6 Å². The van der Waals surface area contributed by atoms with Gasteiger partial charge in [0.15, 0.2) is 0 Å². The van der Waals surface area contributed by atoms with Crippen molar-refractivity contribution in [2.45, 2.75) is 38.6 Å². The van der Waals surface area contributed by atoms with E-state index in [1.54, 1.807) is 15.7 Å². The first kappa shape index (κ1) is 16.7. The monoisotopic (exact) mass is 338 g/mol. The molecule has 2 aliphatic rings. The predicted molar refractivity (Wildman–Crippen MR) is 91.7 cm³/mol. The standard InChI is InChI=1S/C16H26N4O2S/c1-14-7-5-9-16(17-14)19-10-6-8-15(13-19)18(2)23(21,22)20-11-3-4-12-20/h5,7,9,15H,3-4,6,8,10-13H2,1-2H3/t15-/m0/s1. The van der Waals surface area contributed by atoms with Gasteiger partial charge in [0, 0.05) is 45.0 Å². The Hall–Kier alpha value is -1.18. The van der Waals surface area contributed by atoms with E-state index in [-0.39, 0.29) is 6.04 Å². The largest absolute Gasteiger partial charge is 0.355 e. The fraction of sp³-hybridized carbons (Fsp3) is 0.688. The number of rotatable bonds is 4. The normalized spacial score (nSPS) is 23.6. The number of aromatic nitrogens is 1. The molecule has 0 aliphatic carbocycles. The van der Waals surface area contributed by atoms with Gasteiger partial charge in [0.2, 0.25) is 0 Å². The van der Waals surface area contributed by atoms with Crippen molar-refractivity contribution in [1.29, 1.82) is 0 Å². The fourth-order valence-electron chi connectivity index (χ4n) is 3.45. The topological polar surface area (TPSA) is 56.8 Å². The van der Waals surface area contributed by atoms with E-state index in [0.29, 0.717) is 19.6 Å². The lowest BCUT2D eigenvalue weighted by Crippen LogP contribution is -2.52. The average molecular weight is 338 g/mol. The molecular formula is C16H26N4O2S. The summed E-state index contributed by atoms with van der Waals surface area (Å²) in [5, 5.41) is 0. The van der Waals surface area contributed by atoms with Crippen LogP contribution in [0.15, 0.2) is 18.2 Å². The maximum Gasteiger partial charge on any atom is 0.282 e. The van der Waals surface area contributed by atoms with Gasteiger partial charge in [-0.1, -0.05) is 6.07 Å². The van der Waals surface area contributed by atoms with Crippen LogP contribution in [0.3, 0.4) is 0 Å². The quantitative estimate of drug-likeness (QED) is 0.837. The predicted octanol–water partition coefficient (Wildman–Crippen LogP) is 1.63. The molecule has 0 saturated carbocycles. The summed E-state index contributed by atoms with van der Waals surface area (Å²) in [6.45, 7) is 4.94. The minimum Gasteiger partial charge on any atom is -0.355 e.